The van der Waals surface area contributed by atoms with Gasteiger partial charge < -0.3 is 9.47 Å². The Morgan fingerprint density at radius 2 is 1.38 bits per heavy atom. The lowest BCUT2D eigenvalue weighted by Gasteiger charge is -2.04. The van der Waals surface area contributed by atoms with E-state index >= 15 is 0 Å². The quantitative estimate of drug-likeness (QED) is 0.730. The third-order valence-electron chi connectivity index (χ3n) is 4.39. The molecule has 0 saturated heterocycles. The van der Waals surface area contributed by atoms with Gasteiger partial charge >= 0.3 is 0 Å². The molecule has 3 rings (SSSR count). The van der Waals surface area contributed by atoms with Gasteiger partial charge in [-0.15, -0.1) is 0 Å². The van der Waals surface area contributed by atoms with Gasteiger partial charge in [0.25, 0.3) is 0 Å². The first-order valence-electron chi connectivity index (χ1n) is 9.19. The van der Waals surface area contributed by atoms with Crippen molar-refractivity contribution in [2.24, 2.45) is 9.98 Å². The minimum atomic E-state index is 0.268. The van der Waals surface area contributed by atoms with E-state index in [4.69, 9.17) is 9.47 Å². The zero-order valence-electron chi connectivity index (χ0n) is 14.7. The normalized spacial score (nSPS) is 22.8. The Labute approximate surface area is 144 Å². The molecule has 5 heteroatoms. The lowest BCUT2D eigenvalue weighted by molar-refractivity contribution is 0.308. The highest BCUT2D eigenvalue weighted by molar-refractivity contribution is 5.97. The summed E-state index contributed by atoms with van der Waals surface area (Å²) in [5.41, 5.74) is 1.55. The van der Waals surface area contributed by atoms with Crippen LogP contribution < -0.4 is 0 Å². The van der Waals surface area contributed by atoms with Gasteiger partial charge in [-0.1, -0.05) is 45.6 Å². The molecule has 24 heavy (non-hydrogen) atoms. The molecule has 0 amide bonds. The number of hydrogen-bond donors (Lipinski definition) is 0. The highest BCUT2D eigenvalue weighted by atomic mass is 16.5. The maximum Gasteiger partial charge on any atom is 0.235 e. The number of ether oxygens (including phenoxy) is 2. The summed E-state index contributed by atoms with van der Waals surface area (Å²) in [6.45, 7) is 5.72. The molecule has 5 nitrogen and oxygen atoms in total. The topological polar surface area (TPSA) is 56.1 Å². The molecule has 0 radical (unpaired) electrons. The van der Waals surface area contributed by atoms with Crippen LogP contribution in [0, 0.1) is 0 Å². The van der Waals surface area contributed by atoms with Crippen molar-refractivity contribution in [3.05, 3.63) is 29.6 Å². The van der Waals surface area contributed by atoms with E-state index in [1.165, 1.54) is 25.7 Å². The van der Waals surface area contributed by atoms with E-state index in [0.717, 1.165) is 24.2 Å². The fourth-order valence-corrected chi connectivity index (χ4v) is 2.96. The van der Waals surface area contributed by atoms with Gasteiger partial charge in [-0.05, 0) is 25.0 Å². The molecule has 0 aromatic carbocycles. The number of aliphatic imine (C=N–C) groups is 2. The number of unbranched alkanes of at least 4 members (excludes halogenated alkanes) is 2. The molecule has 3 heterocycles. The molecule has 1 aromatic heterocycles. The summed E-state index contributed by atoms with van der Waals surface area (Å²) in [6.07, 6.45) is 6.89. The van der Waals surface area contributed by atoms with Gasteiger partial charge in [-0.3, -0.25) is 0 Å². The smallest absolute Gasteiger partial charge is 0.235 e. The van der Waals surface area contributed by atoms with Gasteiger partial charge in [-0.2, -0.15) is 0 Å². The third kappa shape index (κ3) is 4.13. The fraction of sp³-hybridized carbons (Fsp3) is 0.632. The van der Waals surface area contributed by atoms with Crippen LogP contribution in [0.25, 0.3) is 0 Å². The Kier molecular flexibility index (Phi) is 5.83. The van der Waals surface area contributed by atoms with Crippen LogP contribution in [0.3, 0.4) is 0 Å². The second-order valence-electron chi connectivity index (χ2n) is 6.49. The monoisotopic (exact) mass is 329 g/mol. The summed E-state index contributed by atoms with van der Waals surface area (Å²) in [6, 6.07) is 6.38. The highest BCUT2D eigenvalue weighted by Crippen LogP contribution is 2.18. The molecule has 2 aliphatic rings. The van der Waals surface area contributed by atoms with Crippen LogP contribution in [0.4, 0.5) is 0 Å². The van der Waals surface area contributed by atoms with Crippen molar-refractivity contribution in [2.45, 2.75) is 64.5 Å². The number of hydrogen-bond acceptors (Lipinski definition) is 5. The number of rotatable bonds is 8. The summed E-state index contributed by atoms with van der Waals surface area (Å²) in [5.74, 6) is 1.30. The maximum absolute atomic E-state index is 5.75. The fourth-order valence-electron chi connectivity index (χ4n) is 2.96. The van der Waals surface area contributed by atoms with E-state index in [2.05, 4.69) is 28.8 Å². The standard InChI is InChI=1S/C19H27N3O2/c1-3-5-8-14-12-23-18(20-14)16-10-7-11-17(22-16)19-21-15(13-24-19)9-6-4-2/h7,10-11,14-15H,3-6,8-9,12-13H2,1-2H3/t14-,15-/m0/s1. The van der Waals surface area contributed by atoms with E-state index in [1.807, 2.05) is 18.2 Å². The van der Waals surface area contributed by atoms with E-state index in [0.29, 0.717) is 25.0 Å². The van der Waals surface area contributed by atoms with Crippen LogP contribution in [0.15, 0.2) is 28.2 Å². The van der Waals surface area contributed by atoms with Crippen LogP contribution in [0.5, 0.6) is 0 Å². The van der Waals surface area contributed by atoms with Crippen molar-refractivity contribution in [2.75, 3.05) is 13.2 Å². The van der Waals surface area contributed by atoms with E-state index in [1.54, 1.807) is 0 Å². The van der Waals surface area contributed by atoms with Gasteiger partial charge in [0, 0.05) is 0 Å². The average Bonchev–Trinajstić information content (AvgIpc) is 3.28. The molecule has 0 unspecified atom stereocenters. The molecule has 2 aliphatic heterocycles. The minimum absolute atomic E-state index is 0.268. The molecule has 0 bridgehead atoms. The first kappa shape index (κ1) is 16.9. The summed E-state index contributed by atoms with van der Waals surface area (Å²) < 4.78 is 11.5. The maximum atomic E-state index is 5.75. The Morgan fingerprint density at radius 3 is 1.83 bits per heavy atom. The van der Waals surface area contributed by atoms with E-state index in [-0.39, 0.29) is 12.1 Å². The Morgan fingerprint density at radius 1 is 0.875 bits per heavy atom. The van der Waals surface area contributed by atoms with Crippen molar-refractivity contribution in [3.8, 4) is 0 Å². The second-order valence-corrected chi connectivity index (χ2v) is 6.49. The summed E-state index contributed by atoms with van der Waals surface area (Å²) in [5, 5.41) is 0. The average molecular weight is 329 g/mol. The number of nitrogens with zero attached hydrogens (tertiary/aromatic N) is 3. The van der Waals surface area contributed by atoms with E-state index in [9.17, 15) is 0 Å². The van der Waals surface area contributed by atoms with Gasteiger partial charge in [0.15, 0.2) is 0 Å². The number of aromatic nitrogens is 1. The van der Waals surface area contributed by atoms with Crippen LogP contribution in [-0.2, 0) is 9.47 Å². The van der Waals surface area contributed by atoms with Crippen molar-refractivity contribution in [1.82, 2.24) is 4.98 Å². The summed E-state index contributed by atoms with van der Waals surface area (Å²) in [7, 11) is 0. The Bertz CT molecular complexity index is 563. The molecule has 0 spiro atoms. The Hall–Kier alpha value is -1.91. The SMILES string of the molecule is CCCC[C@H]1COC(c2cccc(C3=N[C@@H](CCCC)CO3)n2)=N1. The first-order valence-corrected chi connectivity index (χ1v) is 9.19. The Balaban J connectivity index is 1.69. The largest absolute Gasteiger partial charge is 0.474 e. The van der Waals surface area contributed by atoms with Crippen LogP contribution in [0.1, 0.15) is 63.8 Å². The van der Waals surface area contributed by atoms with Crippen molar-refractivity contribution >= 4 is 11.8 Å². The van der Waals surface area contributed by atoms with Gasteiger partial charge in [-0.25, -0.2) is 15.0 Å². The molecule has 0 aliphatic carbocycles. The summed E-state index contributed by atoms with van der Waals surface area (Å²) >= 11 is 0. The number of pyridine rings is 1. The first-order chi connectivity index (χ1) is 11.8. The zero-order chi connectivity index (χ0) is 16.8. The molecule has 0 fully saturated rings. The van der Waals surface area contributed by atoms with Gasteiger partial charge in [0.05, 0.1) is 12.1 Å². The van der Waals surface area contributed by atoms with Crippen molar-refractivity contribution in [1.29, 1.82) is 0 Å². The molecular weight excluding hydrogens is 302 g/mol. The van der Waals surface area contributed by atoms with Crippen LogP contribution in [-0.4, -0.2) is 42.1 Å². The minimum Gasteiger partial charge on any atom is -0.474 e. The lowest BCUT2D eigenvalue weighted by atomic mass is 10.1. The highest BCUT2D eigenvalue weighted by Gasteiger charge is 2.23. The molecular formula is C19H27N3O2. The predicted octanol–water partition coefficient (Wildman–Crippen LogP) is 3.75. The molecule has 130 valence electrons. The van der Waals surface area contributed by atoms with E-state index < -0.39 is 0 Å². The molecule has 0 saturated carbocycles. The van der Waals surface area contributed by atoms with Crippen LogP contribution >= 0.6 is 0 Å². The molecule has 0 N–H and O–H groups in total. The van der Waals surface area contributed by atoms with Crippen molar-refractivity contribution < 1.29 is 9.47 Å². The zero-order valence-corrected chi connectivity index (χ0v) is 14.7. The third-order valence-corrected chi connectivity index (χ3v) is 4.39. The second kappa shape index (κ2) is 8.27. The summed E-state index contributed by atoms with van der Waals surface area (Å²) in [4.78, 5) is 14.0. The predicted molar refractivity (Wildman–Crippen MR) is 95.8 cm³/mol. The van der Waals surface area contributed by atoms with Crippen LogP contribution in [0.2, 0.25) is 0 Å². The lowest BCUT2D eigenvalue weighted by Crippen LogP contribution is -2.10. The van der Waals surface area contributed by atoms with Gasteiger partial charge in [0.1, 0.15) is 24.6 Å². The molecule has 1 aromatic rings. The van der Waals surface area contributed by atoms with Gasteiger partial charge in [0.2, 0.25) is 11.8 Å². The van der Waals surface area contributed by atoms with Crippen molar-refractivity contribution in [3.63, 3.8) is 0 Å². The molecule has 2 atom stereocenters.